The van der Waals surface area contributed by atoms with Gasteiger partial charge in [-0.1, -0.05) is 23.2 Å². The molecule has 4 heterocycles. The zero-order valence-corrected chi connectivity index (χ0v) is 22.6. The molecule has 0 bridgehead atoms. The lowest BCUT2D eigenvalue weighted by molar-refractivity contribution is 0.227. The Hall–Kier alpha value is -2.95. The second kappa shape index (κ2) is 9.74. The number of halogens is 3. The first-order chi connectivity index (χ1) is 17.5. The Bertz CT molecular complexity index is 1580. The minimum Gasteiger partial charge on any atom is -0.486 e. The number of aromatic nitrogens is 4. The van der Waals surface area contributed by atoms with Crippen molar-refractivity contribution in [3.05, 3.63) is 64.3 Å². The molecule has 8 nitrogen and oxygen atoms in total. The third-order valence-electron chi connectivity index (χ3n) is 6.63. The van der Waals surface area contributed by atoms with Gasteiger partial charge >= 0.3 is 0 Å². The van der Waals surface area contributed by atoms with Crippen LogP contribution in [-0.2, 0) is 9.84 Å². The standard InChI is InChI=1S/C25H24Cl2FN5O3S/c1-13-16(12-37(3,34)35)11-33(13)25-21(28)6-15(8-30-25)24-18-7-17(4-5-22(18)31-32-24)36-14(2)23-19(26)9-29-10-20(23)27/h4-10,13-14,16H,11-12H2,1-3H3,(H,31,32)/t13-,14+,16-/m1/s1. The van der Waals surface area contributed by atoms with Gasteiger partial charge < -0.3 is 9.64 Å². The largest absolute Gasteiger partial charge is 0.486 e. The highest BCUT2D eigenvalue weighted by Crippen LogP contribution is 2.37. The van der Waals surface area contributed by atoms with Crippen molar-refractivity contribution in [3.63, 3.8) is 0 Å². The van der Waals surface area contributed by atoms with Crippen LogP contribution in [0.4, 0.5) is 10.2 Å². The number of nitrogens with one attached hydrogen (secondary N) is 1. The molecule has 0 unspecified atom stereocenters. The molecule has 3 aromatic heterocycles. The topological polar surface area (TPSA) is 101 Å². The fourth-order valence-corrected chi connectivity index (χ4v) is 6.51. The Morgan fingerprint density at radius 2 is 1.95 bits per heavy atom. The molecule has 0 spiro atoms. The first-order valence-corrected chi connectivity index (χ1v) is 14.4. The van der Waals surface area contributed by atoms with Crippen molar-refractivity contribution < 1.29 is 17.5 Å². The SMILES string of the molecule is C[C@H](Oc1ccc2[nH]nc(-c3cnc(N4C[C@H](CS(C)(=O)=O)[C@H]4C)c(F)c3)c2c1)c1c(Cl)cncc1Cl. The summed E-state index contributed by atoms with van der Waals surface area (Å²) in [6, 6.07) is 6.70. The maximum Gasteiger partial charge on any atom is 0.166 e. The lowest BCUT2D eigenvalue weighted by Crippen LogP contribution is -2.57. The summed E-state index contributed by atoms with van der Waals surface area (Å²) < 4.78 is 44.5. The Morgan fingerprint density at radius 3 is 2.59 bits per heavy atom. The number of sulfone groups is 1. The van der Waals surface area contributed by atoms with Crippen LogP contribution in [0.25, 0.3) is 22.2 Å². The number of anilines is 1. The van der Waals surface area contributed by atoms with E-state index in [0.29, 0.717) is 39.2 Å². The van der Waals surface area contributed by atoms with Crippen molar-refractivity contribution in [2.45, 2.75) is 26.0 Å². The molecule has 1 aliphatic rings. The molecular weight excluding hydrogens is 540 g/mol. The molecule has 5 rings (SSSR count). The number of aromatic amines is 1. The normalized spacial score (nSPS) is 18.6. The Morgan fingerprint density at radius 1 is 1.22 bits per heavy atom. The van der Waals surface area contributed by atoms with Gasteiger partial charge in [0.2, 0.25) is 0 Å². The Balaban J connectivity index is 1.39. The number of nitrogens with zero attached hydrogens (tertiary/aromatic N) is 4. The van der Waals surface area contributed by atoms with Crippen LogP contribution in [0.2, 0.25) is 10.0 Å². The maximum atomic E-state index is 15.2. The van der Waals surface area contributed by atoms with Crippen LogP contribution >= 0.6 is 23.2 Å². The highest BCUT2D eigenvalue weighted by Gasteiger charge is 2.39. The number of ether oxygens (including phenoxy) is 1. The third kappa shape index (κ3) is 5.10. The smallest absolute Gasteiger partial charge is 0.166 e. The monoisotopic (exact) mass is 563 g/mol. The minimum absolute atomic E-state index is 0.0520. The average Bonchev–Trinajstić information content (AvgIpc) is 3.24. The molecule has 12 heteroatoms. The molecule has 0 radical (unpaired) electrons. The summed E-state index contributed by atoms with van der Waals surface area (Å²) in [5.74, 6) is 0.282. The molecule has 1 aromatic carbocycles. The van der Waals surface area contributed by atoms with Gasteiger partial charge in [0.15, 0.2) is 11.6 Å². The molecule has 1 N–H and O–H groups in total. The highest BCUT2D eigenvalue weighted by molar-refractivity contribution is 7.90. The highest BCUT2D eigenvalue weighted by atomic mass is 35.5. The zero-order valence-electron chi connectivity index (χ0n) is 20.2. The van der Waals surface area contributed by atoms with E-state index >= 15 is 4.39 Å². The zero-order chi connectivity index (χ0) is 26.5. The van der Waals surface area contributed by atoms with Gasteiger partial charge in [0.25, 0.3) is 0 Å². The van der Waals surface area contributed by atoms with Crippen molar-refractivity contribution >= 4 is 49.8 Å². The number of benzene rings is 1. The fraction of sp³-hybridized carbons (Fsp3) is 0.320. The van der Waals surface area contributed by atoms with Crippen LogP contribution in [0.3, 0.4) is 0 Å². The first kappa shape index (κ1) is 25.7. The van der Waals surface area contributed by atoms with E-state index in [0.717, 1.165) is 10.9 Å². The van der Waals surface area contributed by atoms with E-state index in [1.165, 1.54) is 24.7 Å². The van der Waals surface area contributed by atoms with Crippen molar-refractivity contribution in [3.8, 4) is 17.0 Å². The fourth-order valence-electron chi connectivity index (χ4n) is 4.68. The van der Waals surface area contributed by atoms with E-state index in [4.69, 9.17) is 27.9 Å². The van der Waals surface area contributed by atoms with Crippen LogP contribution in [0.15, 0.2) is 42.9 Å². The van der Waals surface area contributed by atoms with Gasteiger partial charge in [-0.05, 0) is 38.1 Å². The number of rotatable bonds is 7. The Kier molecular flexibility index (Phi) is 6.76. The van der Waals surface area contributed by atoms with E-state index in [1.54, 1.807) is 17.2 Å². The van der Waals surface area contributed by atoms with Gasteiger partial charge in [0, 0.05) is 59.9 Å². The van der Waals surface area contributed by atoms with Crippen LogP contribution < -0.4 is 9.64 Å². The molecule has 1 saturated heterocycles. The summed E-state index contributed by atoms with van der Waals surface area (Å²) in [7, 11) is -3.10. The van der Waals surface area contributed by atoms with Gasteiger partial charge in [-0.3, -0.25) is 10.1 Å². The molecule has 0 amide bonds. The van der Waals surface area contributed by atoms with Gasteiger partial charge in [-0.2, -0.15) is 5.10 Å². The Labute approximate surface area is 223 Å². The molecule has 4 aromatic rings. The second-order valence-corrected chi connectivity index (χ2v) is 12.3. The van der Waals surface area contributed by atoms with E-state index in [1.807, 2.05) is 26.0 Å². The molecule has 0 aliphatic carbocycles. The lowest BCUT2D eigenvalue weighted by Gasteiger charge is -2.47. The van der Waals surface area contributed by atoms with Crippen LogP contribution in [0, 0.1) is 11.7 Å². The van der Waals surface area contributed by atoms with Crippen LogP contribution in [0.5, 0.6) is 5.75 Å². The lowest BCUT2D eigenvalue weighted by atomic mass is 9.91. The van der Waals surface area contributed by atoms with E-state index in [-0.39, 0.29) is 23.5 Å². The van der Waals surface area contributed by atoms with Gasteiger partial charge in [0.1, 0.15) is 27.4 Å². The van der Waals surface area contributed by atoms with E-state index < -0.39 is 21.8 Å². The minimum atomic E-state index is -3.10. The second-order valence-electron chi connectivity index (χ2n) is 9.33. The molecule has 0 saturated carbocycles. The van der Waals surface area contributed by atoms with Gasteiger partial charge in [-0.25, -0.2) is 17.8 Å². The van der Waals surface area contributed by atoms with Crippen molar-refractivity contribution in [2.24, 2.45) is 5.92 Å². The summed E-state index contributed by atoms with van der Waals surface area (Å²) in [6.07, 6.45) is 5.36. The van der Waals surface area contributed by atoms with Crippen molar-refractivity contribution in [1.82, 2.24) is 20.2 Å². The van der Waals surface area contributed by atoms with Gasteiger partial charge in [-0.15, -0.1) is 0 Å². The van der Waals surface area contributed by atoms with Crippen molar-refractivity contribution in [1.29, 1.82) is 0 Å². The van der Waals surface area contributed by atoms with Crippen LogP contribution in [0.1, 0.15) is 25.5 Å². The number of pyridine rings is 2. The maximum absolute atomic E-state index is 15.2. The molecule has 3 atom stereocenters. The summed E-state index contributed by atoms with van der Waals surface area (Å²) in [6.45, 7) is 4.15. The summed E-state index contributed by atoms with van der Waals surface area (Å²) in [4.78, 5) is 10.1. The molecule has 194 valence electrons. The van der Waals surface area contributed by atoms with Crippen LogP contribution in [-0.4, -0.2) is 53.2 Å². The quantitative estimate of drug-likeness (QED) is 0.318. The molecule has 1 fully saturated rings. The number of H-pyrrole nitrogens is 1. The predicted octanol–water partition coefficient (Wildman–Crippen LogP) is 5.48. The number of hydrogen-bond donors (Lipinski definition) is 1. The predicted molar refractivity (Wildman–Crippen MR) is 143 cm³/mol. The molecule has 37 heavy (non-hydrogen) atoms. The number of fused-ring (bicyclic) bond motifs is 1. The third-order valence-corrected chi connectivity index (χ3v) is 8.27. The van der Waals surface area contributed by atoms with Gasteiger partial charge in [0.05, 0.1) is 21.3 Å². The average molecular weight is 564 g/mol. The first-order valence-electron chi connectivity index (χ1n) is 11.6. The van der Waals surface area contributed by atoms with Crippen molar-refractivity contribution in [2.75, 3.05) is 23.5 Å². The summed E-state index contributed by atoms with van der Waals surface area (Å²) >= 11 is 12.5. The number of hydrogen-bond acceptors (Lipinski definition) is 7. The summed E-state index contributed by atoms with van der Waals surface area (Å²) in [5.41, 5.74) is 2.41. The summed E-state index contributed by atoms with van der Waals surface area (Å²) in [5, 5.41) is 8.88. The molecular formula is C25H24Cl2FN5O3S. The van der Waals surface area contributed by atoms with E-state index in [2.05, 4.69) is 20.2 Å². The van der Waals surface area contributed by atoms with E-state index in [9.17, 15) is 8.42 Å². The molecule has 1 aliphatic heterocycles.